The standard InChI is InChI=1S/C13H14N2O5S/c16-10-5-7-14(8-6-10)13(17)9-21(20)12-4-2-1-3-11(12)15(18)19/h1-4H,5-9H2. The lowest BCUT2D eigenvalue weighted by Gasteiger charge is -2.25. The van der Waals surface area contributed by atoms with E-state index in [-0.39, 0.29) is 28.0 Å². The molecule has 1 atom stereocenters. The second-order valence-electron chi connectivity index (χ2n) is 4.63. The van der Waals surface area contributed by atoms with E-state index in [1.807, 2.05) is 0 Å². The summed E-state index contributed by atoms with van der Waals surface area (Å²) in [5.41, 5.74) is -0.252. The van der Waals surface area contributed by atoms with Gasteiger partial charge in [-0.15, -0.1) is 0 Å². The number of hydrogen-bond acceptors (Lipinski definition) is 5. The lowest BCUT2D eigenvalue weighted by molar-refractivity contribution is -0.387. The fraction of sp³-hybridized carbons (Fsp3) is 0.385. The number of rotatable bonds is 4. The number of hydrogen-bond donors (Lipinski definition) is 0. The molecule has 0 aromatic heterocycles. The summed E-state index contributed by atoms with van der Waals surface area (Å²) in [5, 5.41) is 10.9. The van der Waals surface area contributed by atoms with Crippen molar-refractivity contribution in [2.75, 3.05) is 18.8 Å². The van der Waals surface area contributed by atoms with Gasteiger partial charge in [-0.2, -0.15) is 0 Å². The predicted octanol–water partition coefficient (Wildman–Crippen LogP) is 0.894. The Balaban J connectivity index is 2.06. The normalized spacial score (nSPS) is 16.6. The van der Waals surface area contributed by atoms with Gasteiger partial charge in [0.2, 0.25) is 5.91 Å². The van der Waals surface area contributed by atoms with E-state index < -0.39 is 15.7 Å². The van der Waals surface area contributed by atoms with Crippen LogP contribution in [0.25, 0.3) is 0 Å². The molecule has 0 spiro atoms. The van der Waals surface area contributed by atoms with Crippen LogP contribution in [0.3, 0.4) is 0 Å². The van der Waals surface area contributed by atoms with Gasteiger partial charge in [-0.05, 0) is 6.07 Å². The topological polar surface area (TPSA) is 97.6 Å². The van der Waals surface area contributed by atoms with Gasteiger partial charge in [0.05, 0.1) is 15.7 Å². The number of carbonyl (C=O) groups excluding carboxylic acids is 2. The SMILES string of the molecule is O=C1CCN(C(=O)CS(=O)c2ccccc2[N+](=O)[O-])CC1. The van der Waals surface area contributed by atoms with Crippen LogP contribution in [0.2, 0.25) is 0 Å². The van der Waals surface area contributed by atoms with E-state index in [1.165, 1.54) is 23.1 Å². The van der Waals surface area contributed by atoms with Crippen molar-refractivity contribution < 1.29 is 18.7 Å². The molecule has 1 aromatic carbocycles. The van der Waals surface area contributed by atoms with Crippen LogP contribution in [0.15, 0.2) is 29.2 Å². The molecule has 7 nitrogen and oxygen atoms in total. The van der Waals surface area contributed by atoms with Crippen molar-refractivity contribution in [1.29, 1.82) is 0 Å². The van der Waals surface area contributed by atoms with E-state index in [2.05, 4.69) is 0 Å². The van der Waals surface area contributed by atoms with E-state index >= 15 is 0 Å². The first-order valence-corrected chi connectivity index (χ1v) is 7.72. The van der Waals surface area contributed by atoms with Gasteiger partial charge in [-0.3, -0.25) is 23.9 Å². The van der Waals surface area contributed by atoms with Crippen LogP contribution < -0.4 is 0 Å². The Morgan fingerprint density at radius 1 is 1.29 bits per heavy atom. The molecule has 1 fully saturated rings. The maximum absolute atomic E-state index is 12.2. The average Bonchev–Trinajstić information content (AvgIpc) is 2.47. The maximum Gasteiger partial charge on any atom is 0.285 e. The van der Waals surface area contributed by atoms with Crippen molar-refractivity contribution in [3.8, 4) is 0 Å². The number of Topliss-reactive ketones (excluding diaryl/α,β-unsaturated/α-hetero) is 1. The molecule has 1 amide bonds. The second kappa shape index (κ2) is 6.57. The lowest BCUT2D eigenvalue weighted by atomic mass is 10.1. The molecule has 0 saturated carbocycles. The van der Waals surface area contributed by atoms with Crippen molar-refractivity contribution in [3.05, 3.63) is 34.4 Å². The molecule has 1 aromatic rings. The van der Waals surface area contributed by atoms with Crippen molar-refractivity contribution in [1.82, 2.24) is 4.90 Å². The molecule has 2 rings (SSSR count). The monoisotopic (exact) mass is 310 g/mol. The zero-order valence-electron chi connectivity index (χ0n) is 11.2. The minimum atomic E-state index is -1.77. The molecule has 1 heterocycles. The molecule has 112 valence electrons. The quantitative estimate of drug-likeness (QED) is 0.608. The highest BCUT2D eigenvalue weighted by molar-refractivity contribution is 7.86. The van der Waals surface area contributed by atoms with Gasteiger partial charge in [0.1, 0.15) is 16.4 Å². The highest BCUT2D eigenvalue weighted by Gasteiger charge is 2.25. The fourth-order valence-corrected chi connectivity index (χ4v) is 3.26. The Morgan fingerprint density at radius 2 is 1.90 bits per heavy atom. The molecule has 0 N–H and O–H groups in total. The summed E-state index contributed by atoms with van der Waals surface area (Å²) in [5.74, 6) is -0.545. The van der Waals surface area contributed by atoms with Crippen LogP contribution in [-0.2, 0) is 20.4 Å². The van der Waals surface area contributed by atoms with Crippen molar-refractivity contribution in [2.45, 2.75) is 17.7 Å². The molecular formula is C13H14N2O5S. The Bertz CT molecular complexity index is 606. The minimum absolute atomic E-state index is 0.0453. The van der Waals surface area contributed by atoms with E-state index in [9.17, 15) is 23.9 Å². The van der Waals surface area contributed by atoms with Crippen LogP contribution >= 0.6 is 0 Å². The molecular weight excluding hydrogens is 296 g/mol. The number of benzene rings is 1. The van der Waals surface area contributed by atoms with E-state index in [0.717, 1.165) is 0 Å². The van der Waals surface area contributed by atoms with Gasteiger partial charge in [-0.1, -0.05) is 12.1 Å². The number of amides is 1. The number of carbonyl (C=O) groups is 2. The highest BCUT2D eigenvalue weighted by Crippen LogP contribution is 2.22. The summed E-state index contributed by atoms with van der Waals surface area (Å²) in [6, 6.07) is 5.68. The first kappa shape index (κ1) is 15.3. The molecule has 1 unspecified atom stereocenters. The number of para-hydroxylation sites is 1. The van der Waals surface area contributed by atoms with Crippen LogP contribution in [-0.4, -0.2) is 44.6 Å². The molecule has 8 heteroatoms. The van der Waals surface area contributed by atoms with Gasteiger partial charge >= 0.3 is 0 Å². The lowest BCUT2D eigenvalue weighted by Crippen LogP contribution is -2.40. The number of ketones is 1. The first-order chi connectivity index (χ1) is 9.99. The van der Waals surface area contributed by atoms with Gasteiger partial charge in [0, 0.05) is 32.0 Å². The Hall–Kier alpha value is -2.09. The highest BCUT2D eigenvalue weighted by atomic mass is 32.2. The van der Waals surface area contributed by atoms with E-state index in [4.69, 9.17) is 0 Å². The number of nitrogens with zero attached hydrogens (tertiary/aromatic N) is 2. The molecule has 1 saturated heterocycles. The Morgan fingerprint density at radius 3 is 2.52 bits per heavy atom. The third-order valence-corrected chi connectivity index (χ3v) is 4.58. The zero-order chi connectivity index (χ0) is 15.4. The van der Waals surface area contributed by atoms with Crippen LogP contribution in [0, 0.1) is 10.1 Å². The molecule has 0 bridgehead atoms. The Labute approximate surface area is 123 Å². The van der Waals surface area contributed by atoms with Crippen molar-refractivity contribution in [2.24, 2.45) is 0 Å². The van der Waals surface area contributed by atoms with Gasteiger partial charge in [0.25, 0.3) is 5.69 Å². The summed E-state index contributed by atoms with van der Waals surface area (Å²) < 4.78 is 12.2. The minimum Gasteiger partial charge on any atom is -0.341 e. The fourth-order valence-electron chi connectivity index (χ4n) is 2.09. The number of nitro benzene ring substituents is 1. The summed E-state index contributed by atoms with van der Waals surface area (Å²) in [4.78, 5) is 34.9. The van der Waals surface area contributed by atoms with Crippen molar-refractivity contribution in [3.63, 3.8) is 0 Å². The first-order valence-electron chi connectivity index (χ1n) is 6.40. The summed E-state index contributed by atoms with van der Waals surface area (Å²) in [7, 11) is -1.77. The molecule has 21 heavy (non-hydrogen) atoms. The summed E-state index contributed by atoms with van der Waals surface area (Å²) in [6.45, 7) is 0.650. The number of piperidine rings is 1. The average molecular weight is 310 g/mol. The molecule has 1 aliphatic heterocycles. The smallest absolute Gasteiger partial charge is 0.285 e. The number of likely N-dealkylation sites (tertiary alicyclic amines) is 1. The van der Waals surface area contributed by atoms with Gasteiger partial charge < -0.3 is 4.90 Å². The van der Waals surface area contributed by atoms with Gasteiger partial charge in [-0.25, -0.2) is 0 Å². The predicted molar refractivity (Wildman–Crippen MR) is 75.2 cm³/mol. The third kappa shape index (κ3) is 3.72. The summed E-state index contributed by atoms with van der Waals surface area (Å²) >= 11 is 0. The number of nitro groups is 1. The van der Waals surface area contributed by atoms with Crippen molar-refractivity contribution >= 4 is 28.2 Å². The van der Waals surface area contributed by atoms with E-state index in [1.54, 1.807) is 6.07 Å². The van der Waals surface area contributed by atoms with Crippen LogP contribution in [0.4, 0.5) is 5.69 Å². The molecule has 0 radical (unpaired) electrons. The maximum atomic E-state index is 12.2. The molecule has 0 aliphatic carbocycles. The zero-order valence-corrected chi connectivity index (χ0v) is 12.0. The Kier molecular flexibility index (Phi) is 4.79. The van der Waals surface area contributed by atoms with Gasteiger partial charge in [0.15, 0.2) is 0 Å². The van der Waals surface area contributed by atoms with Crippen LogP contribution in [0.1, 0.15) is 12.8 Å². The third-order valence-electron chi connectivity index (χ3n) is 3.24. The van der Waals surface area contributed by atoms with Crippen LogP contribution in [0.5, 0.6) is 0 Å². The summed E-state index contributed by atoms with van der Waals surface area (Å²) in [6.07, 6.45) is 0.619. The molecule has 1 aliphatic rings. The largest absolute Gasteiger partial charge is 0.341 e. The second-order valence-corrected chi connectivity index (χ2v) is 6.05. The van der Waals surface area contributed by atoms with E-state index in [0.29, 0.717) is 25.9 Å².